The molecule has 0 spiro atoms. The van der Waals surface area contributed by atoms with Gasteiger partial charge in [0.15, 0.2) is 0 Å². The summed E-state index contributed by atoms with van der Waals surface area (Å²) in [6.45, 7) is 5.42. The van der Waals surface area contributed by atoms with E-state index < -0.39 is 0 Å². The Morgan fingerprint density at radius 3 is 3.12 bits per heavy atom. The number of hydrogen-bond acceptors (Lipinski definition) is 3. The van der Waals surface area contributed by atoms with Crippen LogP contribution in [0.25, 0.3) is 0 Å². The van der Waals surface area contributed by atoms with Gasteiger partial charge in [-0.3, -0.25) is 5.32 Å². The van der Waals surface area contributed by atoms with Crippen molar-refractivity contribution in [2.45, 2.75) is 6.17 Å². The quantitative estimate of drug-likeness (QED) is 0.438. The van der Waals surface area contributed by atoms with Crippen LogP contribution < -0.4 is 16.0 Å². The van der Waals surface area contributed by atoms with Gasteiger partial charge in [0.2, 0.25) is 0 Å². The standard InChI is InChI=1S/C5H11N3/c1-2-7-5-3-6-4-8-5/h2,5-8H,1,3-4H2. The molecule has 0 amide bonds. The molecular weight excluding hydrogens is 102 g/mol. The lowest BCUT2D eigenvalue weighted by Gasteiger charge is -2.06. The first-order valence-corrected chi connectivity index (χ1v) is 2.74. The van der Waals surface area contributed by atoms with Crippen molar-refractivity contribution in [2.24, 2.45) is 0 Å². The molecule has 1 rings (SSSR count). The average molecular weight is 113 g/mol. The monoisotopic (exact) mass is 113 g/mol. The average Bonchev–Trinajstić information content (AvgIpc) is 2.19. The number of nitrogens with one attached hydrogen (secondary N) is 3. The van der Waals surface area contributed by atoms with Crippen LogP contribution in [0.2, 0.25) is 0 Å². The minimum Gasteiger partial charge on any atom is -0.375 e. The van der Waals surface area contributed by atoms with Crippen LogP contribution in [0.4, 0.5) is 0 Å². The molecule has 3 heteroatoms. The Balaban J connectivity index is 2.14. The maximum absolute atomic E-state index is 3.55. The molecule has 46 valence electrons. The summed E-state index contributed by atoms with van der Waals surface area (Å²) in [6.07, 6.45) is 2.08. The van der Waals surface area contributed by atoms with Gasteiger partial charge in [0.25, 0.3) is 0 Å². The fraction of sp³-hybridized carbons (Fsp3) is 0.600. The van der Waals surface area contributed by atoms with Crippen molar-refractivity contribution in [1.82, 2.24) is 16.0 Å². The minimum absolute atomic E-state index is 0.382. The molecular formula is C5H11N3. The molecule has 3 nitrogen and oxygen atoms in total. The first kappa shape index (κ1) is 5.59. The molecule has 0 aliphatic carbocycles. The smallest absolute Gasteiger partial charge is 0.0901 e. The zero-order valence-corrected chi connectivity index (χ0v) is 4.78. The minimum atomic E-state index is 0.382. The van der Waals surface area contributed by atoms with Gasteiger partial charge in [-0.25, -0.2) is 0 Å². The largest absolute Gasteiger partial charge is 0.375 e. The molecule has 0 radical (unpaired) electrons. The zero-order valence-electron chi connectivity index (χ0n) is 4.78. The molecule has 1 fully saturated rings. The lowest BCUT2D eigenvalue weighted by Crippen LogP contribution is -2.35. The number of rotatable bonds is 2. The first-order valence-electron chi connectivity index (χ1n) is 2.74. The first-order chi connectivity index (χ1) is 3.93. The van der Waals surface area contributed by atoms with Gasteiger partial charge in [-0.2, -0.15) is 0 Å². The molecule has 1 unspecified atom stereocenters. The molecule has 0 bridgehead atoms. The Kier molecular flexibility index (Phi) is 1.88. The molecule has 8 heavy (non-hydrogen) atoms. The predicted molar refractivity (Wildman–Crippen MR) is 33.1 cm³/mol. The maximum Gasteiger partial charge on any atom is 0.0901 e. The second-order valence-electron chi connectivity index (χ2n) is 1.76. The van der Waals surface area contributed by atoms with Gasteiger partial charge in [-0.15, -0.1) is 0 Å². The van der Waals surface area contributed by atoms with Gasteiger partial charge in [0, 0.05) is 13.2 Å². The van der Waals surface area contributed by atoms with Gasteiger partial charge in [0.05, 0.1) is 6.17 Å². The van der Waals surface area contributed by atoms with Crippen LogP contribution in [-0.4, -0.2) is 19.4 Å². The molecule has 1 aliphatic rings. The van der Waals surface area contributed by atoms with E-state index in [2.05, 4.69) is 22.5 Å². The topological polar surface area (TPSA) is 36.1 Å². The molecule has 0 aromatic rings. The summed E-state index contributed by atoms with van der Waals surface area (Å²) in [5.74, 6) is 0. The van der Waals surface area contributed by atoms with Crippen LogP contribution in [0, 0.1) is 0 Å². The van der Waals surface area contributed by atoms with Crippen LogP contribution >= 0.6 is 0 Å². The second-order valence-corrected chi connectivity index (χ2v) is 1.76. The van der Waals surface area contributed by atoms with E-state index in [1.54, 1.807) is 6.20 Å². The Morgan fingerprint density at radius 1 is 1.75 bits per heavy atom. The zero-order chi connectivity index (χ0) is 5.82. The second kappa shape index (κ2) is 2.69. The summed E-state index contributed by atoms with van der Waals surface area (Å²) in [6, 6.07) is 0. The van der Waals surface area contributed by atoms with Crippen LogP contribution in [0.3, 0.4) is 0 Å². The van der Waals surface area contributed by atoms with E-state index in [-0.39, 0.29) is 0 Å². The highest BCUT2D eigenvalue weighted by Gasteiger charge is 2.08. The Labute approximate surface area is 49.2 Å². The van der Waals surface area contributed by atoms with Gasteiger partial charge in [-0.1, -0.05) is 6.58 Å². The van der Waals surface area contributed by atoms with Gasteiger partial charge in [0.1, 0.15) is 0 Å². The summed E-state index contributed by atoms with van der Waals surface area (Å²) in [7, 11) is 0. The molecule has 0 aromatic carbocycles. The van der Waals surface area contributed by atoms with Crippen molar-refractivity contribution in [2.75, 3.05) is 13.2 Å². The maximum atomic E-state index is 3.55. The molecule has 1 saturated heterocycles. The molecule has 1 aliphatic heterocycles. The van der Waals surface area contributed by atoms with Crippen molar-refractivity contribution >= 4 is 0 Å². The Morgan fingerprint density at radius 2 is 2.62 bits per heavy atom. The van der Waals surface area contributed by atoms with Crippen molar-refractivity contribution < 1.29 is 0 Å². The van der Waals surface area contributed by atoms with E-state index in [4.69, 9.17) is 0 Å². The number of hydrogen-bond donors (Lipinski definition) is 3. The van der Waals surface area contributed by atoms with Crippen molar-refractivity contribution in [3.05, 3.63) is 12.8 Å². The lowest BCUT2D eigenvalue weighted by molar-refractivity contribution is 0.577. The summed E-state index contributed by atoms with van der Waals surface area (Å²) < 4.78 is 0. The molecule has 3 N–H and O–H groups in total. The van der Waals surface area contributed by atoms with E-state index in [9.17, 15) is 0 Å². The molecule has 0 aromatic heterocycles. The van der Waals surface area contributed by atoms with Crippen LogP contribution in [0.1, 0.15) is 0 Å². The fourth-order valence-electron chi connectivity index (χ4n) is 0.744. The molecule has 0 saturated carbocycles. The van der Waals surface area contributed by atoms with E-state index >= 15 is 0 Å². The highest BCUT2D eigenvalue weighted by atomic mass is 15.3. The highest BCUT2D eigenvalue weighted by molar-refractivity contribution is 4.77. The van der Waals surface area contributed by atoms with E-state index in [0.29, 0.717) is 6.17 Å². The van der Waals surface area contributed by atoms with E-state index in [0.717, 1.165) is 13.2 Å². The van der Waals surface area contributed by atoms with Crippen LogP contribution in [0.15, 0.2) is 12.8 Å². The van der Waals surface area contributed by atoms with Crippen molar-refractivity contribution in [3.8, 4) is 0 Å². The predicted octanol–water partition coefficient (Wildman–Crippen LogP) is -0.804. The van der Waals surface area contributed by atoms with E-state index in [1.807, 2.05) is 0 Å². The summed E-state index contributed by atoms with van der Waals surface area (Å²) >= 11 is 0. The fourth-order valence-corrected chi connectivity index (χ4v) is 0.744. The third-order valence-electron chi connectivity index (χ3n) is 1.14. The molecule has 1 heterocycles. The molecule has 1 atom stereocenters. The summed E-state index contributed by atoms with van der Waals surface area (Å²) in [5, 5.41) is 9.33. The van der Waals surface area contributed by atoms with Gasteiger partial charge >= 0.3 is 0 Å². The Hall–Kier alpha value is -0.540. The third-order valence-corrected chi connectivity index (χ3v) is 1.14. The highest BCUT2D eigenvalue weighted by Crippen LogP contribution is 1.79. The lowest BCUT2D eigenvalue weighted by atomic mass is 10.5. The van der Waals surface area contributed by atoms with Crippen molar-refractivity contribution in [3.63, 3.8) is 0 Å². The Bertz CT molecular complexity index is 75.7. The normalized spacial score (nSPS) is 27.8. The van der Waals surface area contributed by atoms with Gasteiger partial charge < -0.3 is 10.6 Å². The summed E-state index contributed by atoms with van der Waals surface area (Å²) in [4.78, 5) is 0. The van der Waals surface area contributed by atoms with Crippen molar-refractivity contribution in [1.29, 1.82) is 0 Å². The SMILES string of the molecule is C=CNC1CNCN1. The van der Waals surface area contributed by atoms with Gasteiger partial charge in [-0.05, 0) is 6.20 Å². The third kappa shape index (κ3) is 1.21. The van der Waals surface area contributed by atoms with E-state index in [1.165, 1.54) is 0 Å². The van der Waals surface area contributed by atoms with Crippen LogP contribution in [0.5, 0.6) is 0 Å². The summed E-state index contributed by atoms with van der Waals surface area (Å²) in [5.41, 5.74) is 0. The van der Waals surface area contributed by atoms with Crippen LogP contribution in [-0.2, 0) is 0 Å².